The molecule has 0 radical (unpaired) electrons. The minimum atomic E-state index is -0.631. The summed E-state index contributed by atoms with van der Waals surface area (Å²) in [5.74, 6) is -0.381. The number of carbonyl (C=O) groups is 2. The molecule has 116 valence electrons. The summed E-state index contributed by atoms with van der Waals surface area (Å²) in [5, 5.41) is 10.3. The van der Waals surface area contributed by atoms with Crippen molar-refractivity contribution in [3.8, 4) is 0 Å². The fourth-order valence-electron chi connectivity index (χ4n) is 2.31. The van der Waals surface area contributed by atoms with Crippen LogP contribution in [0.4, 0.5) is 0 Å². The summed E-state index contributed by atoms with van der Waals surface area (Å²) in [4.78, 5) is 23.1. The van der Waals surface area contributed by atoms with Gasteiger partial charge in [-0.1, -0.05) is 46.6 Å². The lowest BCUT2D eigenvalue weighted by Gasteiger charge is -2.24. The summed E-state index contributed by atoms with van der Waals surface area (Å²) in [6.07, 6.45) is 4.44. The van der Waals surface area contributed by atoms with E-state index in [0.717, 1.165) is 25.7 Å². The molecule has 0 aromatic rings. The quantitative estimate of drug-likeness (QED) is 0.464. The zero-order chi connectivity index (χ0) is 15.7. The highest BCUT2D eigenvalue weighted by Crippen LogP contribution is 2.22. The van der Waals surface area contributed by atoms with Crippen LogP contribution in [0.1, 0.15) is 66.2 Å². The number of hydrogen-bond acceptors (Lipinski definition) is 3. The third-order valence-electron chi connectivity index (χ3n) is 3.90. The van der Waals surface area contributed by atoms with Gasteiger partial charge in [-0.15, -0.1) is 0 Å². The van der Waals surface area contributed by atoms with Crippen LogP contribution in [-0.4, -0.2) is 22.8 Å². The number of allylic oxidation sites excluding steroid dienone is 1. The Morgan fingerprint density at radius 2 is 1.75 bits per heavy atom. The highest BCUT2D eigenvalue weighted by molar-refractivity contribution is 5.97. The van der Waals surface area contributed by atoms with E-state index >= 15 is 0 Å². The van der Waals surface area contributed by atoms with E-state index in [1.807, 2.05) is 6.92 Å². The Kier molecular flexibility index (Phi) is 9.39. The Morgan fingerprint density at radius 1 is 1.15 bits per heavy atom. The number of rotatable bonds is 11. The standard InChI is InChI=1S/C17H30O3/c1-6-7-8-9-12(2)16(19)15(5)17(20)13(3)10-11-14(4)18/h12,15-16,19H,3,6-11H2,1-2,4-5H3. The van der Waals surface area contributed by atoms with Crippen LogP contribution < -0.4 is 0 Å². The zero-order valence-electron chi connectivity index (χ0n) is 13.4. The molecule has 0 rings (SSSR count). The van der Waals surface area contributed by atoms with Gasteiger partial charge in [0.25, 0.3) is 0 Å². The summed E-state index contributed by atoms with van der Waals surface area (Å²) in [6.45, 7) is 11.1. The summed E-state index contributed by atoms with van der Waals surface area (Å²) >= 11 is 0. The second-order valence-corrected chi connectivity index (χ2v) is 5.92. The van der Waals surface area contributed by atoms with Crippen molar-refractivity contribution in [1.82, 2.24) is 0 Å². The summed E-state index contributed by atoms with van der Waals surface area (Å²) in [6, 6.07) is 0. The average molecular weight is 282 g/mol. The molecule has 0 saturated heterocycles. The Balaban J connectivity index is 4.32. The first-order valence-corrected chi connectivity index (χ1v) is 7.70. The highest BCUT2D eigenvalue weighted by atomic mass is 16.3. The van der Waals surface area contributed by atoms with Gasteiger partial charge in [-0.3, -0.25) is 4.79 Å². The van der Waals surface area contributed by atoms with Crippen molar-refractivity contribution < 1.29 is 14.7 Å². The topological polar surface area (TPSA) is 54.4 Å². The van der Waals surface area contributed by atoms with Crippen LogP contribution in [0.15, 0.2) is 12.2 Å². The Hall–Kier alpha value is -0.960. The van der Waals surface area contributed by atoms with Crippen LogP contribution in [-0.2, 0) is 9.59 Å². The van der Waals surface area contributed by atoms with Gasteiger partial charge in [0.05, 0.1) is 6.10 Å². The van der Waals surface area contributed by atoms with Crippen molar-refractivity contribution in [2.45, 2.75) is 72.3 Å². The van der Waals surface area contributed by atoms with Gasteiger partial charge in [0.2, 0.25) is 0 Å². The lowest BCUT2D eigenvalue weighted by Crippen LogP contribution is -2.32. The predicted molar refractivity (Wildman–Crippen MR) is 82.5 cm³/mol. The van der Waals surface area contributed by atoms with Gasteiger partial charge in [0, 0.05) is 12.3 Å². The zero-order valence-corrected chi connectivity index (χ0v) is 13.4. The van der Waals surface area contributed by atoms with E-state index in [1.165, 1.54) is 6.92 Å². The van der Waals surface area contributed by atoms with Crippen molar-refractivity contribution in [3.05, 3.63) is 12.2 Å². The molecule has 3 unspecified atom stereocenters. The molecule has 0 aromatic carbocycles. The lowest BCUT2D eigenvalue weighted by molar-refractivity contribution is -0.123. The molecule has 20 heavy (non-hydrogen) atoms. The van der Waals surface area contributed by atoms with Gasteiger partial charge in [0.15, 0.2) is 5.78 Å². The van der Waals surface area contributed by atoms with Crippen LogP contribution in [0.5, 0.6) is 0 Å². The largest absolute Gasteiger partial charge is 0.392 e. The Bertz CT molecular complexity index is 333. The first kappa shape index (κ1) is 19.0. The van der Waals surface area contributed by atoms with Gasteiger partial charge in [-0.05, 0) is 31.3 Å². The van der Waals surface area contributed by atoms with E-state index < -0.39 is 12.0 Å². The fraction of sp³-hybridized carbons (Fsp3) is 0.765. The number of aliphatic hydroxyl groups excluding tert-OH is 1. The van der Waals surface area contributed by atoms with E-state index in [2.05, 4.69) is 13.5 Å². The number of aliphatic hydroxyl groups is 1. The second-order valence-electron chi connectivity index (χ2n) is 5.92. The lowest BCUT2D eigenvalue weighted by atomic mass is 9.84. The smallest absolute Gasteiger partial charge is 0.163 e. The summed E-state index contributed by atoms with van der Waals surface area (Å²) in [5.41, 5.74) is 0.451. The maximum atomic E-state index is 12.2. The molecule has 0 fully saturated rings. The van der Waals surface area contributed by atoms with Crippen molar-refractivity contribution in [2.75, 3.05) is 0 Å². The molecule has 0 amide bonds. The second kappa shape index (κ2) is 9.87. The molecule has 0 bridgehead atoms. The number of hydrogen-bond donors (Lipinski definition) is 1. The van der Waals surface area contributed by atoms with Crippen molar-refractivity contribution in [1.29, 1.82) is 0 Å². The van der Waals surface area contributed by atoms with Crippen LogP contribution in [0.25, 0.3) is 0 Å². The van der Waals surface area contributed by atoms with Crippen LogP contribution in [0.3, 0.4) is 0 Å². The van der Waals surface area contributed by atoms with E-state index in [4.69, 9.17) is 0 Å². The molecule has 3 heteroatoms. The molecule has 3 nitrogen and oxygen atoms in total. The van der Waals surface area contributed by atoms with E-state index in [1.54, 1.807) is 6.92 Å². The van der Waals surface area contributed by atoms with Gasteiger partial charge >= 0.3 is 0 Å². The van der Waals surface area contributed by atoms with E-state index in [9.17, 15) is 14.7 Å². The molecule has 0 saturated carbocycles. The molecule has 0 spiro atoms. The summed E-state index contributed by atoms with van der Waals surface area (Å²) in [7, 11) is 0. The monoisotopic (exact) mass is 282 g/mol. The first-order valence-electron chi connectivity index (χ1n) is 7.70. The summed E-state index contributed by atoms with van der Waals surface area (Å²) < 4.78 is 0. The van der Waals surface area contributed by atoms with Crippen molar-refractivity contribution >= 4 is 11.6 Å². The maximum Gasteiger partial charge on any atom is 0.163 e. The number of unbranched alkanes of at least 4 members (excludes halogenated alkanes) is 2. The normalized spacial score (nSPS) is 15.4. The predicted octanol–water partition coefficient (Wildman–Crippen LogP) is 3.69. The molecule has 3 atom stereocenters. The molecule has 0 aliphatic carbocycles. The average Bonchev–Trinajstić information content (AvgIpc) is 2.42. The fourth-order valence-corrected chi connectivity index (χ4v) is 2.31. The SMILES string of the molecule is C=C(CCC(C)=O)C(=O)C(C)C(O)C(C)CCCCC. The third kappa shape index (κ3) is 6.99. The molecule has 1 N–H and O–H groups in total. The van der Waals surface area contributed by atoms with Gasteiger partial charge in [0.1, 0.15) is 5.78 Å². The van der Waals surface area contributed by atoms with Crippen LogP contribution >= 0.6 is 0 Å². The molecular weight excluding hydrogens is 252 g/mol. The molecule has 0 aliphatic rings. The van der Waals surface area contributed by atoms with Gasteiger partial charge in [-0.25, -0.2) is 0 Å². The van der Waals surface area contributed by atoms with Crippen molar-refractivity contribution in [3.63, 3.8) is 0 Å². The minimum Gasteiger partial charge on any atom is -0.392 e. The number of Topliss-reactive ketones (excluding diaryl/α,β-unsaturated/α-hetero) is 2. The number of ketones is 2. The minimum absolute atomic E-state index is 0.0556. The third-order valence-corrected chi connectivity index (χ3v) is 3.90. The van der Waals surface area contributed by atoms with Gasteiger partial charge < -0.3 is 9.90 Å². The first-order chi connectivity index (χ1) is 9.31. The molecule has 0 aromatic heterocycles. The van der Waals surface area contributed by atoms with Crippen LogP contribution in [0, 0.1) is 11.8 Å². The molecule has 0 aliphatic heterocycles. The molecular formula is C17H30O3. The van der Waals surface area contributed by atoms with Gasteiger partial charge in [-0.2, -0.15) is 0 Å². The highest BCUT2D eigenvalue weighted by Gasteiger charge is 2.27. The Morgan fingerprint density at radius 3 is 2.25 bits per heavy atom. The maximum absolute atomic E-state index is 12.2. The van der Waals surface area contributed by atoms with Crippen molar-refractivity contribution in [2.24, 2.45) is 11.8 Å². The van der Waals surface area contributed by atoms with E-state index in [-0.39, 0.29) is 17.5 Å². The Labute approximate surface area is 123 Å². The number of carbonyl (C=O) groups excluding carboxylic acids is 2. The van der Waals surface area contributed by atoms with E-state index in [0.29, 0.717) is 18.4 Å². The molecule has 0 heterocycles. The van der Waals surface area contributed by atoms with Crippen LogP contribution in [0.2, 0.25) is 0 Å².